The lowest BCUT2D eigenvalue weighted by atomic mass is 9.70. The van der Waals surface area contributed by atoms with E-state index in [9.17, 15) is 9.90 Å². The molecule has 0 radical (unpaired) electrons. The third-order valence-electron chi connectivity index (χ3n) is 6.98. The first-order valence-electron chi connectivity index (χ1n) is 11.4. The molecule has 0 saturated carbocycles. The van der Waals surface area contributed by atoms with Gasteiger partial charge < -0.3 is 20.3 Å². The Bertz CT molecular complexity index is 1190. The summed E-state index contributed by atoms with van der Waals surface area (Å²) in [5.41, 5.74) is -1.59. The van der Waals surface area contributed by atoms with Gasteiger partial charge in [0.15, 0.2) is 0 Å². The second-order valence-corrected chi connectivity index (χ2v) is 9.78. The van der Waals surface area contributed by atoms with Gasteiger partial charge in [0.05, 0.1) is 35.2 Å². The van der Waals surface area contributed by atoms with Gasteiger partial charge in [-0.05, 0) is 37.8 Å². The average molecular weight is 486 g/mol. The first kappa shape index (κ1) is 24.7. The van der Waals surface area contributed by atoms with Gasteiger partial charge in [0.2, 0.25) is 0 Å². The summed E-state index contributed by atoms with van der Waals surface area (Å²) in [4.78, 5) is 20.7. The number of nitrogens with zero attached hydrogens (tertiary/aromatic N) is 3. The Morgan fingerprint density at radius 3 is 2.40 bits per heavy atom. The summed E-state index contributed by atoms with van der Waals surface area (Å²) >= 11 is 0. The monoisotopic (exact) mass is 485 g/mol. The van der Waals surface area contributed by atoms with E-state index in [0.717, 1.165) is 23.4 Å². The average Bonchev–Trinajstić information content (AvgIpc) is 3.33. The van der Waals surface area contributed by atoms with E-state index in [1.807, 2.05) is 27.7 Å². The molecule has 186 valence electrons. The zero-order chi connectivity index (χ0) is 25.5. The van der Waals surface area contributed by atoms with Crippen LogP contribution in [0.3, 0.4) is 0 Å². The number of aryl methyl sites for hydroxylation is 2. The molecule has 3 aromatic rings. The third-order valence-corrected chi connectivity index (χ3v) is 6.98. The maximum atomic E-state index is 15.0. The minimum absolute atomic E-state index is 0.0265. The highest BCUT2D eigenvalue weighted by Gasteiger charge is 2.51. The fourth-order valence-corrected chi connectivity index (χ4v) is 5.51. The molecule has 1 fully saturated rings. The smallest absolute Gasteiger partial charge is 0.315 e. The van der Waals surface area contributed by atoms with E-state index in [-0.39, 0.29) is 5.69 Å². The molecule has 0 bridgehead atoms. The first-order valence-corrected chi connectivity index (χ1v) is 11.4. The van der Waals surface area contributed by atoms with Crippen molar-refractivity contribution in [1.29, 1.82) is 0 Å². The predicted octanol–water partition coefficient (Wildman–Crippen LogP) is 3.65. The predicted molar refractivity (Wildman–Crippen MR) is 123 cm³/mol. The topological polar surface area (TPSA) is 113 Å². The SMILES string of the molecule is Cc1noc(C)c1C(C)(C)CC1NC(=O)NC1C(C)C(O)(c1cnccn1)c1c(F)cccc1F. The number of rotatable bonds is 7. The summed E-state index contributed by atoms with van der Waals surface area (Å²) in [6.45, 7) is 9.34. The molecule has 1 aliphatic heterocycles. The minimum atomic E-state index is -2.22. The normalized spacial score (nSPS) is 20.7. The number of nitrogens with one attached hydrogen (secondary N) is 2. The molecule has 1 aliphatic rings. The maximum absolute atomic E-state index is 15.0. The Labute approximate surface area is 202 Å². The molecular weight excluding hydrogens is 456 g/mol. The molecule has 0 aliphatic carbocycles. The standard InChI is InChI=1S/C25H29F2N5O3/c1-13(25(34,19-12-28-9-10-29-19)21-16(26)7-6-8-17(21)27)22-18(30-23(33)31-22)11-24(4,5)20-14(2)32-35-15(20)3/h6-10,12-13,18,22,34H,11H2,1-5H3,(H2,30,31,33). The van der Waals surface area contributed by atoms with Crippen LogP contribution >= 0.6 is 0 Å². The van der Waals surface area contributed by atoms with Crippen molar-refractivity contribution in [1.82, 2.24) is 25.8 Å². The second-order valence-electron chi connectivity index (χ2n) is 9.78. The molecule has 1 saturated heterocycles. The Morgan fingerprint density at radius 1 is 1.14 bits per heavy atom. The number of aromatic nitrogens is 3. The molecule has 4 unspecified atom stereocenters. The summed E-state index contributed by atoms with van der Waals surface area (Å²) in [5, 5.41) is 21.8. The van der Waals surface area contributed by atoms with Crippen molar-refractivity contribution in [3.05, 3.63) is 76.7 Å². The number of amides is 2. The Balaban J connectivity index is 1.77. The van der Waals surface area contributed by atoms with Gasteiger partial charge in [0.1, 0.15) is 23.0 Å². The van der Waals surface area contributed by atoms with Crippen molar-refractivity contribution in [3.8, 4) is 0 Å². The molecule has 3 N–H and O–H groups in total. The van der Waals surface area contributed by atoms with E-state index in [1.54, 1.807) is 6.92 Å². The van der Waals surface area contributed by atoms with Gasteiger partial charge in [-0.3, -0.25) is 9.97 Å². The second kappa shape index (κ2) is 8.99. The number of carbonyl (C=O) groups excluding carboxylic acids is 1. The number of aliphatic hydroxyl groups is 1. The van der Waals surface area contributed by atoms with Crippen LogP contribution in [0, 0.1) is 31.4 Å². The quantitative estimate of drug-likeness (QED) is 0.471. The van der Waals surface area contributed by atoms with Crippen molar-refractivity contribution in [2.24, 2.45) is 5.92 Å². The molecular formula is C25H29F2N5O3. The van der Waals surface area contributed by atoms with E-state index < -0.39 is 52.2 Å². The van der Waals surface area contributed by atoms with E-state index in [0.29, 0.717) is 12.2 Å². The van der Waals surface area contributed by atoms with Crippen molar-refractivity contribution < 1.29 is 23.2 Å². The van der Waals surface area contributed by atoms with Crippen molar-refractivity contribution >= 4 is 6.03 Å². The molecule has 1 aromatic carbocycles. The highest BCUT2D eigenvalue weighted by Crippen LogP contribution is 2.43. The number of urea groups is 1. The summed E-state index contributed by atoms with van der Waals surface area (Å²) in [5.74, 6) is -2.07. The minimum Gasteiger partial charge on any atom is -0.378 e. The number of benzene rings is 1. The number of hydrogen-bond donors (Lipinski definition) is 3. The highest BCUT2D eigenvalue weighted by atomic mass is 19.1. The number of hydrogen-bond acceptors (Lipinski definition) is 6. The molecule has 4 atom stereocenters. The first-order chi connectivity index (χ1) is 16.5. The molecule has 2 amide bonds. The van der Waals surface area contributed by atoms with Crippen LogP contribution in [0.4, 0.5) is 13.6 Å². The van der Waals surface area contributed by atoms with Gasteiger partial charge in [-0.1, -0.05) is 32.0 Å². The van der Waals surface area contributed by atoms with Crippen molar-refractivity contribution in [2.75, 3.05) is 0 Å². The lowest BCUT2D eigenvalue weighted by Crippen LogP contribution is -2.51. The van der Waals surface area contributed by atoms with Crippen LogP contribution < -0.4 is 10.6 Å². The lowest BCUT2D eigenvalue weighted by Gasteiger charge is -2.40. The molecule has 0 spiro atoms. The van der Waals surface area contributed by atoms with Crippen LogP contribution in [-0.4, -0.2) is 38.3 Å². The molecule has 2 aromatic heterocycles. The van der Waals surface area contributed by atoms with Crippen LogP contribution in [0.25, 0.3) is 0 Å². The van der Waals surface area contributed by atoms with Gasteiger partial charge in [0.25, 0.3) is 0 Å². The van der Waals surface area contributed by atoms with Gasteiger partial charge in [-0.15, -0.1) is 0 Å². The van der Waals surface area contributed by atoms with Gasteiger partial charge in [-0.2, -0.15) is 0 Å². The van der Waals surface area contributed by atoms with Gasteiger partial charge >= 0.3 is 6.03 Å². The largest absolute Gasteiger partial charge is 0.378 e. The van der Waals surface area contributed by atoms with Crippen molar-refractivity contribution in [2.45, 2.75) is 64.1 Å². The fraction of sp³-hybridized carbons (Fsp3) is 0.440. The molecule has 10 heteroatoms. The van der Waals surface area contributed by atoms with E-state index in [1.165, 1.54) is 24.7 Å². The third kappa shape index (κ3) is 4.27. The van der Waals surface area contributed by atoms with E-state index in [4.69, 9.17) is 4.52 Å². The Morgan fingerprint density at radius 2 is 1.83 bits per heavy atom. The lowest BCUT2D eigenvalue weighted by molar-refractivity contribution is -0.00430. The zero-order valence-corrected chi connectivity index (χ0v) is 20.3. The summed E-state index contributed by atoms with van der Waals surface area (Å²) in [6.07, 6.45) is 4.46. The van der Waals surface area contributed by atoms with Crippen LogP contribution in [0.5, 0.6) is 0 Å². The number of halogens is 2. The highest BCUT2D eigenvalue weighted by molar-refractivity contribution is 5.77. The van der Waals surface area contributed by atoms with Crippen LogP contribution in [-0.2, 0) is 11.0 Å². The Hall–Kier alpha value is -3.40. The van der Waals surface area contributed by atoms with Gasteiger partial charge in [0, 0.05) is 23.9 Å². The summed E-state index contributed by atoms with van der Waals surface area (Å²) in [7, 11) is 0. The van der Waals surface area contributed by atoms with Crippen molar-refractivity contribution in [3.63, 3.8) is 0 Å². The zero-order valence-electron chi connectivity index (χ0n) is 20.3. The van der Waals surface area contributed by atoms with Crippen LogP contribution in [0.15, 0.2) is 41.3 Å². The van der Waals surface area contributed by atoms with Crippen LogP contribution in [0.1, 0.15) is 55.5 Å². The number of carbonyl (C=O) groups is 1. The van der Waals surface area contributed by atoms with Crippen LogP contribution in [0.2, 0.25) is 0 Å². The molecule has 35 heavy (non-hydrogen) atoms. The van der Waals surface area contributed by atoms with E-state index in [2.05, 4.69) is 25.8 Å². The fourth-order valence-electron chi connectivity index (χ4n) is 5.51. The molecule has 3 heterocycles. The molecule has 4 rings (SSSR count). The Kier molecular flexibility index (Phi) is 6.35. The molecule has 8 nitrogen and oxygen atoms in total. The van der Waals surface area contributed by atoms with Gasteiger partial charge in [-0.25, -0.2) is 13.6 Å². The summed E-state index contributed by atoms with van der Waals surface area (Å²) < 4.78 is 35.4. The summed E-state index contributed by atoms with van der Waals surface area (Å²) in [6, 6.07) is 1.76. The van der Waals surface area contributed by atoms with E-state index >= 15 is 8.78 Å². The maximum Gasteiger partial charge on any atom is 0.315 e.